The second kappa shape index (κ2) is 8.76. The third-order valence-electron chi connectivity index (χ3n) is 5.01. The van der Waals surface area contributed by atoms with Crippen LogP contribution in [0.5, 0.6) is 0 Å². The van der Waals surface area contributed by atoms with Crippen LogP contribution in [0, 0.1) is 17.7 Å². The molecule has 0 bridgehead atoms. The molecule has 1 aromatic carbocycles. The number of rotatable bonds is 6. The molecule has 156 valence electrons. The van der Waals surface area contributed by atoms with Crippen LogP contribution in [-0.4, -0.2) is 40.5 Å². The van der Waals surface area contributed by atoms with Gasteiger partial charge in [-0.25, -0.2) is 4.39 Å². The normalized spacial score (nSPS) is 19.7. The summed E-state index contributed by atoms with van der Waals surface area (Å²) in [5.41, 5.74) is 0.779. The van der Waals surface area contributed by atoms with E-state index < -0.39 is 6.04 Å². The number of carbonyl (C=O) groups excluding carboxylic acids is 2. The first-order valence-corrected chi connectivity index (χ1v) is 10.1. The maximum absolute atomic E-state index is 13.2. The van der Waals surface area contributed by atoms with Crippen LogP contribution in [-0.2, 0) is 4.79 Å². The highest BCUT2D eigenvalue weighted by molar-refractivity contribution is 5.97. The molecule has 7 heteroatoms. The molecule has 3 rings (SSSR count). The number of halogens is 1. The van der Waals surface area contributed by atoms with Crippen molar-refractivity contribution in [2.45, 2.75) is 52.6 Å². The average Bonchev–Trinajstić information content (AvgIpc) is 3.13. The lowest BCUT2D eigenvalue weighted by Crippen LogP contribution is -2.62. The van der Waals surface area contributed by atoms with Gasteiger partial charge in [0.25, 0.3) is 5.91 Å². The van der Waals surface area contributed by atoms with Crippen LogP contribution >= 0.6 is 0 Å². The Hall–Kier alpha value is -2.70. The van der Waals surface area contributed by atoms with Gasteiger partial charge in [0.1, 0.15) is 11.9 Å². The van der Waals surface area contributed by atoms with Crippen molar-refractivity contribution in [1.29, 1.82) is 0 Å². The minimum absolute atomic E-state index is 0.0849. The summed E-state index contributed by atoms with van der Waals surface area (Å²) < 4.78 is 18.5. The molecule has 0 aliphatic carbocycles. The summed E-state index contributed by atoms with van der Waals surface area (Å²) >= 11 is 0. The molecule has 2 aromatic rings. The molecule has 29 heavy (non-hydrogen) atoms. The van der Waals surface area contributed by atoms with Crippen molar-refractivity contribution in [3.8, 4) is 11.3 Å². The average molecular weight is 401 g/mol. The third kappa shape index (κ3) is 5.02. The van der Waals surface area contributed by atoms with E-state index in [0.29, 0.717) is 30.2 Å². The molecule has 1 aromatic heterocycles. The Balaban J connectivity index is 1.85. The molecule has 6 nitrogen and oxygen atoms in total. The zero-order valence-electron chi connectivity index (χ0n) is 17.3. The highest BCUT2D eigenvalue weighted by Gasteiger charge is 2.38. The fourth-order valence-electron chi connectivity index (χ4n) is 3.73. The van der Waals surface area contributed by atoms with Crippen LogP contribution in [0.1, 0.15) is 51.0 Å². The summed E-state index contributed by atoms with van der Waals surface area (Å²) in [4.78, 5) is 27.6. The monoisotopic (exact) mass is 401 g/mol. The number of amides is 2. The number of nitrogens with zero attached hydrogens (tertiary/aromatic N) is 2. The van der Waals surface area contributed by atoms with Crippen molar-refractivity contribution in [3.63, 3.8) is 0 Å². The quantitative estimate of drug-likeness (QED) is 0.797. The molecule has 2 heterocycles. The van der Waals surface area contributed by atoms with Crippen LogP contribution in [0.15, 0.2) is 34.9 Å². The Bertz CT molecular complexity index is 860. The largest absolute Gasteiger partial charge is 0.355 e. The first kappa shape index (κ1) is 21.0. The van der Waals surface area contributed by atoms with E-state index in [1.54, 1.807) is 23.1 Å². The van der Waals surface area contributed by atoms with Crippen LogP contribution in [0.2, 0.25) is 0 Å². The van der Waals surface area contributed by atoms with Crippen molar-refractivity contribution >= 4 is 11.8 Å². The third-order valence-corrected chi connectivity index (χ3v) is 5.01. The van der Waals surface area contributed by atoms with Gasteiger partial charge in [0.15, 0.2) is 11.5 Å². The van der Waals surface area contributed by atoms with E-state index in [2.05, 4.69) is 24.3 Å². The number of carbonyl (C=O) groups is 2. The Morgan fingerprint density at radius 2 is 1.86 bits per heavy atom. The number of aromatic nitrogens is 1. The van der Waals surface area contributed by atoms with Gasteiger partial charge in [0.05, 0.1) is 0 Å². The van der Waals surface area contributed by atoms with Crippen LogP contribution in [0.3, 0.4) is 0 Å². The summed E-state index contributed by atoms with van der Waals surface area (Å²) in [5, 5.41) is 6.99. The van der Waals surface area contributed by atoms with Crippen LogP contribution in [0.4, 0.5) is 4.39 Å². The number of nitrogens with one attached hydrogen (secondary N) is 1. The van der Waals surface area contributed by atoms with Gasteiger partial charge in [-0.05, 0) is 48.9 Å². The van der Waals surface area contributed by atoms with Gasteiger partial charge >= 0.3 is 0 Å². The van der Waals surface area contributed by atoms with Crippen molar-refractivity contribution in [2.75, 3.05) is 6.54 Å². The minimum Gasteiger partial charge on any atom is -0.355 e. The van der Waals surface area contributed by atoms with Gasteiger partial charge in [0, 0.05) is 24.2 Å². The molecule has 1 aliphatic heterocycles. The van der Waals surface area contributed by atoms with E-state index in [1.807, 2.05) is 13.8 Å². The van der Waals surface area contributed by atoms with Gasteiger partial charge < -0.3 is 14.7 Å². The Kier molecular flexibility index (Phi) is 6.35. The van der Waals surface area contributed by atoms with Gasteiger partial charge in [-0.15, -0.1) is 0 Å². The van der Waals surface area contributed by atoms with Crippen LogP contribution in [0.25, 0.3) is 11.3 Å². The topological polar surface area (TPSA) is 75.4 Å². The number of hydrogen-bond donors (Lipinski definition) is 1. The molecule has 2 atom stereocenters. The van der Waals surface area contributed by atoms with E-state index in [9.17, 15) is 14.0 Å². The molecule has 1 N–H and O–H groups in total. The summed E-state index contributed by atoms with van der Waals surface area (Å²) in [6.07, 6.45) is 1.37. The highest BCUT2D eigenvalue weighted by atomic mass is 19.1. The molecular weight excluding hydrogens is 373 g/mol. The lowest BCUT2D eigenvalue weighted by atomic mass is 9.94. The zero-order chi connectivity index (χ0) is 21.1. The number of piperazine rings is 1. The van der Waals surface area contributed by atoms with Crippen molar-refractivity contribution in [3.05, 3.63) is 41.8 Å². The molecule has 2 amide bonds. The minimum atomic E-state index is -0.531. The molecule has 1 aliphatic rings. The number of benzene rings is 1. The first-order valence-electron chi connectivity index (χ1n) is 10.1. The van der Waals surface area contributed by atoms with E-state index >= 15 is 0 Å². The van der Waals surface area contributed by atoms with E-state index in [0.717, 1.165) is 6.42 Å². The Morgan fingerprint density at radius 1 is 1.21 bits per heavy atom. The van der Waals surface area contributed by atoms with Crippen molar-refractivity contribution in [1.82, 2.24) is 15.4 Å². The molecule has 0 spiro atoms. The first-order chi connectivity index (χ1) is 13.7. The summed E-state index contributed by atoms with van der Waals surface area (Å²) in [6.45, 7) is 8.67. The summed E-state index contributed by atoms with van der Waals surface area (Å²) in [6, 6.07) is 6.71. The fourth-order valence-corrected chi connectivity index (χ4v) is 3.73. The van der Waals surface area contributed by atoms with Gasteiger partial charge in [-0.2, -0.15) is 0 Å². The van der Waals surface area contributed by atoms with Crippen LogP contribution < -0.4 is 5.32 Å². The summed E-state index contributed by atoms with van der Waals surface area (Å²) in [7, 11) is 0. The Labute approximate surface area is 170 Å². The van der Waals surface area contributed by atoms with Crippen molar-refractivity contribution < 1.29 is 18.5 Å². The maximum Gasteiger partial charge on any atom is 0.276 e. The SMILES string of the molecule is CC(C)CC1CN(C(=O)c2cc(-c3ccc(F)cc3)on2)C(CC(C)C)C(=O)N1. The van der Waals surface area contributed by atoms with Gasteiger partial charge in [-0.3, -0.25) is 9.59 Å². The van der Waals surface area contributed by atoms with E-state index in [-0.39, 0.29) is 35.3 Å². The Morgan fingerprint density at radius 3 is 2.48 bits per heavy atom. The second-order valence-electron chi connectivity index (χ2n) is 8.52. The van der Waals surface area contributed by atoms with Crippen molar-refractivity contribution in [2.24, 2.45) is 11.8 Å². The molecule has 0 radical (unpaired) electrons. The highest BCUT2D eigenvalue weighted by Crippen LogP contribution is 2.24. The lowest BCUT2D eigenvalue weighted by Gasteiger charge is -2.40. The predicted octanol–water partition coefficient (Wildman–Crippen LogP) is 3.88. The zero-order valence-corrected chi connectivity index (χ0v) is 17.3. The summed E-state index contributed by atoms with van der Waals surface area (Å²) in [5.74, 6) is 0.249. The maximum atomic E-state index is 13.2. The smallest absolute Gasteiger partial charge is 0.276 e. The molecule has 2 unspecified atom stereocenters. The predicted molar refractivity (Wildman–Crippen MR) is 108 cm³/mol. The molecular formula is C22H28FN3O3. The van der Waals surface area contributed by atoms with Gasteiger partial charge in [-0.1, -0.05) is 32.9 Å². The second-order valence-corrected chi connectivity index (χ2v) is 8.52. The van der Waals surface area contributed by atoms with E-state index in [1.165, 1.54) is 12.1 Å². The number of hydrogen-bond acceptors (Lipinski definition) is 4. The molecule has 1 fully saturated rings. The molecule has 1 saturated heterocycles. The lowest BCUT2D eigenvalue weighted by molar-refractivity contribution is -0.130. The standard InChI is InChI=1S/C22H28FN3O3/c1-13(2)9-17-12-26(19(10-14(3)4)21(27)24-17)22(28)18-11-20(29-25-18)15-5-7-16(23)8-6-15/h5-8,11,13-14,17,19H,9-10,12H2,1-4H3,(H,24,27). The fraction of sp³-hybridized carbons (Fsp3) is 0.500. The van der Waals surface area contributed by atoms with Gasteiger partial charge in [0.2, 0.25) is 5.91 Å². The van der Waals surface area contributed by atoms with E-state index in [4.69, 9.17) is 4.52 Å². The molecule has 0 saturated carbocycles.